The normalized spacial score (nSPS) is 12.0. The van der Waals surface area contributed by atoms with E-state index in [2.05, 4.69) is 4.98 Å². The summed E-state index contributed by atoms with van der Waals surface area (Å²) in [6.07, 6.45) is 0.562. The van der Waals surface area contributed by atoms with Crippen LogP contribution in [0.15, 0.2) is 36.5 Å². The fourth-order valence-corrected chi connectivity index (χ4v) is 2.11. The lowest BCUT2D eigenvalue weighted by atomic mass is 10.0. The van der Waals surface area contributed by atoms with Crippen LogP contribution in [-0.2, 0) is 0 Å². The summed E-state index contributed by atoms with van der Waals surface area (Å²) in [6, 6.07) is 8.66. The Kier molecular flexibility index (Phi) is 4.24. The highest BCUT2D eigenvalue weighted by Crippen LogP contribution is 2.38. The number of nitrogens with zero attached hydrogens (tertiary/aromatic N) is 1. The highest BCUT2D eigenvalue weighted by atomic mass is 35.5. The number of ether oxygens (including phenoxy) is 2. The molecule has 0 aliphatic heterocycles. The van der Waals surface area contributed by atoms with Gasteiger partial charge in [-0.2, -0.15) is 0 Å². The highest BCUT2D eigenvalue weighted by Gasteiger charge is 2.23. The maximum atomic E-state index is 10.5. The second-order valence-corrected chi connectivity index (χ2v) is 4.26. The van der Waals surface area contributed by atoms with Crippen LogP contribution in [0.4, 0.5) is 0 Å². The minimum absolute atomic E-state index is 0.368. The van der Waals surface area contributed by atoms with E-state index in [1.54, 1.807) is 36.5 Å². The number of aromatic nitrogens is 1. The van der Waals surface area contributed by atoms with E-state index in [1.807, 2.05) is 0 Å². The predicted molar refractivity (Wildman–Crippen MR) is 72.9 cm³/mol. The summed E-state index contributed by atoms with van der Waals surface area (Å²) >= 11 is 6.06. The molecule has 0 spiro atoms. The molecular weight excluding hydrogens is 266 g/mol. The van der Waals surface area contributed by atoms with Crippen molar-refractivity contribution in [3.05, 3.63) is 52.8 Å². The second-order valence-electron chi connectivity index (χ2n) is 3.85. The van der Waals surface area contributed by atoms with Crippen LogP contribution in [0, 0.1) is 0 Å². The number of methoxy groups -OCH3 is 2. The molecule has 100 valence electrons. The summed E-state index contributed by atoms with van der Waals surface area (Å²) < 4.78 is 10.5. The van der Waals surface area contributed by atoms with Crippen LogP contribution >= 0.6 is 11.6 Å². The van der Waals surface area contributed by atoms with Gasteiger partial charge in [-0.3, -0.25) is 4.98 Å². The molecule has 0 saturated carbocycles. The molecule has 0 radical (unpaired) electrons. The van der Waals surface area contributed by atoms with E-state index in [0.717, 1.165) is 0 Å². The highest BCUT2D eigenvalue weighted by molar-refractivity contribution is 6.31. The van der Waals surface area contributed by atoms with Crippen LogP contribution in [0.2, 0.25) is 5.02 Å². The minimum atomic E-state index is -1.01. The van der Waals surface area contributed by atoms with Crippen molar-refractivity contribution in [1.29, 1.82) is 0 Å². The molecule has 1 N–H and O–H groups in total. The van der Waals surface area contributed by atoms with E-state index in [-0.39, 0.29) is 0 Å². The topological polar surface area (TPSA) is 51.6 Å². The number of benzene rings is 1. The first kappa shape index (κ1) is 13.6. The van der Waals surface area contributed by atoms with Crippen molar-refractivity contribution in [2.75, 3.05) is 14.2 Å². The number of hydrogen-bond acceptors (Lipinski definition) is 4. The van der Waals surface area contributed by atoms with Gasteiger partial charge in [0.2, 0.25) is 0 Å². The molecule has 0 amide bonds. The Labute approximate surface area is 116 Å². The average molecular weight is 280 g/mol. The lowest BCUT2D eigenvalue weighted by Gasteiger charge is -2.18. The third kappa shape index (κ3) is 2.64. The van der Waals surface area contributed by atoms with E-state index in [1.165, 1.54) is 14.2 Å². The quantitative estimate of drug-likeness (QED) is 0.935. The standard InChI is InChI=1S/C14H14ClNO3/c1-18-10-6-3-7-11(19-2)12(10)14(17)13-9(15)5-4-8-16-13/h3-8,14,17H,1-2H3. The second kappa shape index (κ2) is 5.91. The summed E-state index contributed by atoms with van der Waals surface area (Å²) in [7, 11) is 3.07. The molecule has 1 aromatic carbocycles. The lowest BCUT2D eigenvalue weighted by Crippen LogP contribution is -2.07. The number of rotatable bonds is 4. The Bertz CT molecular complexity index is 552. The van der Waals surface area contributed by atoms with Crippen LogP contribution in [0.3, 0.4) is 0 Å². The van der Waals surface area contributed by atoms with Gasteiger partial charge >= 0.3 is 0 Å². The molecule has 19 heavy (non-hydrogen) atoms. The molecule has 1 aromatic heterocycles. The van der Waals surface area contributed by atoms with Gasteiger partial charge in [0.15, 0.2) is 0 Å². The largest absolute Gasteiger partial charge is 0.496 e. The van der Waals surface area contributed by atoms with Gasteiger partial charge < -0.3 is 14.6 Å². The van der Waals surface area contributed by atoms with Crippen molar-refractivity contribution in [2.45, 2.75) is 6.10 Å². The van der Waals surface area contributed by atoms with Crippen molar-refractivity contribution in [3.63, 3.8) is 0 Å². The van der Waals surface area contributed by atoms with Crippen LogP contribution in [0.25, 0.3) is 0 Å². The summed E-state index contributed by atoms with van der Waals surface area (Å²) in [6.45, 7) is 0. The molecule has 2 rings (SSSR count). The monoisotopic (exact) mass is 279 g/mol. The molecular formula is C14H14ClNO3. The summed E-state index contributed by atoms with van der Waals surface area (Å²) in [4.78, 5) is 4.11. The van der Waals surface area contributed by atoms with Gasteiger partial charge in [-0.15, -0.1) is 0 Å². The Balaban J connectivity index is 2.55. The number of aliphatic hydroxyl groups excluding tert-OH is 1. The smallest absolute Gasteiger partial charge is 0.130 e. The summed E-state index contributed by atoms with van der Waals surface area (Å²) in [5, 5.41) is 10.9. The number of halogens is 1. The Morgan fingerprint density at radius 1 is 1.11 bits per heavy atom. The van der Waals surface area contributed by atoms with Crippen molar-refractivity contribution in [1.82, 2.24) is 4.98 Å². The molecule has 0 aliphatic rings. The van der Waals surface area contributed by atoms with E-state index in [4.69, 9.17) is 21.1 Å². The zero-order chi connectivity index (χ0) is 13.8. The van der Waals surface area contributed by atoms with Gasteiger partial charge in [-0.1, -0.05) is 17.7 Å². The molecule has 0 fully saturated rings. The van der Waals surface area contributed by atoms with Crippen molar-refractivity contribution in [3.8, 4) is 11.5 Å². The Hall–Kier alpha value is -1.78. The molecule has 2 aromatic rings. The molecule has 0 bridgehead atoms. The molecule has 0 aliphatic carbocycles. The van der Waals surface area contributed by atoms with Gasteiger partial charge in [-0.25, -0.2) is 0 Å². The first-order chi connectivity index (χ1) is 9.19. The van der Waals surface area contributed by atoms with Gasteiger partial charge in [-0.05, 0) is 24.3 Å². The minimum Gasteiger partial charge on any atom is -0.496 e. The number of hydrogen-bond donors (Lipinski definition) is 1. The molecule has 1 atom stereocenters. The fraction of sp³-hybridized carbons (Fsp3) is 0.214. The Morgan fingerprint density at radius 2 is 1.74 bits per heavy atom. The van der Waals surface area contributed by atoms with Crippen molar-refractivity contribution < 1.29 is 14.6 Å². The van der Waals surface area contributed by atoms with E-state index >= 15 is 0 Å². The first-order valence-electron chi connectivity index (χ1n) is 5.68. The zero-order valence-electron chi connectivity index (χ0n) is 10.6. The number of aliphatic hydroxyl groups is 1. The predicted octanol–water partition coefficient (Wildman–Crippen LogP) is 2.83. The van der Waals surface area contributed by atoms with Crippen molar-refractivity contribution in [2.24, 2.45) is 0 Å². The van der Waals surface area contributed by atoms with E-state index in [0.29, 0.717) is 27.8 Å². The maximum Gasteiger partial charge on any atom is 0.130 e. The van der Waals surface area contributed by atoms with Gasteiger partial charge in [0, 0.05) is 6.20 Å². The summed E-state index contributed by atoms with van der Waals surface area (Å²) in [5.74, 6) is 1.04. The molecule has 4 nitrogen and oxygen atoms in total. The van der Waals surface area contributed by atoms with Crippen LogP contribution in [0.5, 0.6) is 11.5 Å². The average Bonchev–Trinajstić information content (AvgIpc) is 2.46. The molecule has 1 heterocycles. The SMILES string of the molecule is COc1cccc(OC)c1C(O)c1ncccc1Cl. The van der Waals surface area contributed by atoms with E-state index < -0.39 is 6.10 Å². The van der Waals surface area contributed by atoms with Gasteiger partial charge in [0.05, 0.1) is 30.5 Å². The maximum absolute atomic E-state index is 10.5. The molecule has 5 heteroatoms. The van der Waals surface area contributed by atoms with Gasteiger partial charge in [0.25, 0.3) is 0 Å². The zero-order valence-corrected chi connectivity index (χ0v) is 11.4. The molecule has 1 unspecified atom stereocenters. The fourth-order valence-electron chi connectivity index (χ4n) is 1.89. The number of pyridine rings is 1. The Morgan fingerprint density at radius 3 is 2.26 bits per heavy atom. The lowest BCUT2D eigenvalue weighted by molar-refractivity contribution is 0.204. The molecule has 0 saturated heterocycles. The van der Waals surface area contributed by atoms with Crippen LogP contribution < -0.4 is 9.47 Å². The van der Waals surface area contributed by atoms with Crippen molar-refractivity contribution >= 4 is 11.6 Å². The first-order valence-corrected chi connectivity index (χ1v) is 6.06. The third-order valence-corrected chi connectivity index (χ3v) is 3.10. The van der Waals surface area contributed by atoms with Crippen LogP contribution in [-0.4, -0.2) is 24.3 Å². The summed E-state index contributed by atoms with van der Waals surface area (Å²) in [5.41, 5.74) is 0.875. The van der Waals surface area contributed by atoms with Crippen LogP contribution in [0.1, 0.15) is 17.4 Å². The van der Waals surface area contributed by atoms with Gasteiger partial charge in [0.1, 0.15) is 17.6 Å². The van der Waals surface area contributed by atoms with E-state index in [9.17, 15) is 5.11 Å². The third-order valence-electron chi connectivity index (χ3n) is 2.79.